The van der Waals surface area contributed by atoms with Crippen molar-refractivity contribution in [3.05, 3.63) is 35.4 Å². The Balaban J connectivity index is 2.01. The van der Waals surface area contributed by atoms with Crippen LogP contribution < -0.4 is 5.32 Å². The van der Waals surface area contributed by atoms with Crippen LogP contribution in [0.2, 0.25) is 0 Å². The molecular formula is C16H24N2O3S. The van der Waals surface area contributed by atoms with Crippen molar-refractivity contribution in [1.29, 1.82) is 0 Å². The lowest BCUT2D eigenvalue weighted by atomic mass is 10.1. The van der Waals surface area contributed by atoms with Gasteiger partial charge < -0.3 is 5.32 Å². The van der Waals surface area contributed by atoms with Crippen LogP contribution in [0.15, 0.2) is 24.3 Å². The molecule has 122 valence electrons. The van der Waals surface area contributed by atoms with E-state index < -0.39 is 9.84 Å². The summed E-state index contributed by atoms with van der Waals surface area (Å²) in [5.74, 6) is 0.351. The number of nitrogens with one attached hydrogen (secondary N) is 1. The second-order valence-corrected chi connectivity index (χ2v) is 9.14. The van der Waals surface area contributed by atoms with Gasteiger partial charge in [-0.05, 0) is 38.5 Å². The predicted molar refractivity (Wildman–Crippen MR) is 87.6 cm³/mol. The molecule has 0 radical (unpaired) electrons. The average molecular weight is 324 g/mol. The number of hydrogen-bond acceptors (Lipinski definition) is 4. The van der Waals surface area contributed by atoms with Gasteiger partial charge in [0.15, 0.2) is 9.84 Å². The molecule has 1 N–H and O–H groups in total. The summed E-state index contributed by atoms with van der Waals surface area (Å²) in [6.45, 7) is 7.63. The summed E-state index contributed by atoms with van der Waals surface area (Å²) in [4.78, 5) is 14.3. The van der Waals surface area contributed by atoms with Gasteiger partial charge in [-0.2, -0.15) is 0 Å². The van der Waals surface area contributed by atoms with Crippen LogP contribution in [0.5, 0.6) is 0 Å². The number of amides is 1. The van der Waals surface area contributed by atoms with E-state index in [0.29, 0.717) is 25.2 Å². The Morgan fingerprint density at radius 3 is 2.45 bits per heavy atom. The van der Waals surface area contributed by atoms with Crippen LogP contribution in [-0.4, -0.2) is 49.4 Å². The normalized spacial score (nSPS) is 18.9. The minimum absolute atomic E-state index is 0.0874. The molecule has 1 amide bonds. The van der Waals surface area contributed by atoms with E-state index in [-0.39, 0.29) is 23.0 Å². The largest absolute Gasteiger partial charge is 0.347 e. The molecule has 1 aliphatic rings. The fraction of sp³-hybridized carbons (Fsp3) is 0.562. The van der Waals surface area contributed by atoms with Crippen molar-refractivity contribution in [2.24, 2.45) is 0 Å². The third kappa shape index (κ3) is 5.10. The summed E-state index contributed by atoms with van der Waals surface area (Å²) in [6.07, 6.45) is 0. The molecule has 22 heavy (non-hydrogen) atoms. The first-order valence-electron chi connectivity index (χ1n) is 7.49. The van der Waals surface area contributed by atoms with Crippen molar-refractivity contribution >= 4 is 15.7 Å². The topological polar surface area (TPSA) is 66.5 Å². The van der Waals surface area contributed by atoms with Crippen LogP contribution in [-0.2, 0) is 16.4 Å². The maximum Gasteiger partial charge on any atom is 0.251 e. The Morgan fingerprint density at radius 1 is 1.23 bits per heavy atom. The lowest BCUT2D eigenvalue weighted by Gasteiger charge is -2.26. The molecule has 1 heterocycles. The first-order valence-corrected chi connectivity index (χ1v) is 9.31. The lowest BCUT2D eigenvalue weighted by molar-refractivity contribution is 0.0919. The van der Waals surface area contributed by atoms with E-state index in [9.17, 15) is 13.2 Å². The van der Waals surface area contributed by atoms with Crippen LogP contribution >= 0.6 is 0 Å². The van der Waals surface area contributed by atoms with Gasteiger partial charge in [0.25, 0.3) is 5.91 Å². The molecule has 1 saturated heterocycles. The highest BCUT2D eigenvalue weighted by molar-refractivity contribution is 7.91. The highest BCUT2D eigenvalue weighted by atomic mass is 32.2. The molecule has 1 aromatic carbocycles. The summed E-state index contributed by atoms with van der Waals surface area (Å²) in [6, 6.07) is 7.51. The van der Waals surface area contributed by atoms with E-state index in [0.717, 1.165) is 5.56 Å². The SMILES string of the molecule is CC(C)(C)NC(=O)c1cccc(CN2CCS(=O)(=O)CC2)c1. The first kappa shape index (κ1) is 17.0. The monoisotopic (exact) mass is 324 g/mol. The van der Waals surface area contributed by atoms with E-state index in [1.807, 2.05) is 39.0 Å². The summed E-state index contributed by atoms with van der Waals surface area (Å²) in [5.41, 5.74) is 1.40. The van der Waals surface area contributed by atoms with Gasteiger partial charge in [-0.1, -0.05) is 12.1 Å². The third-order valence-corrected chi connectivity index (χ3v) is 5.13. The molecule has 0 saturated carbocycles. The standard InChI is InChI=1S/C16H24N2O3S/c1-16(2,3)17-15(19)14-6-4-5-13(11-14)12-18-7-9-22(20,21)10-8-18/h4-6,11H,7-10,12H2,1-3H3,(H,17,19). The Hall–Kier alpha value is -1.40. The van der Waals surface area contributed by atoms with Gasteiger partial charge in [0.05, 0.1) is 11.5 Å². The summed E-state index contributed by atoms with van der Waals surface area (Å²) >= 11 is 0. The molecule has 1 aromatic rings. The van der Waals surface area contributed by atoms with E-state index in [1.54, 1.807) is 6.07 Å². The van der Waals surface area contributed by atoms with Crippen LogP contribution in [0.1, 0.15) is 36.7 Å². The number of sulfone groups is 1. The molecule has 1 fully saturated rings. The van der Waals surface area contributed by atoms with Gasteiger partial charge in [0, 0.05) is 30.7 Å². The zero-order valence-corrected chi connectivity index (χ0v) is 14.2. The van der Waals surface area contributed by atoms with Crippen LogP contribution in [0, 0.1) is 0 Å². The van der Waals surface area contributed by atoms with Crippen molar-refractivity contribution in [2.45, 2.75) is 32.9 Å². The highest BCUT2D eigenvalue weighted by Gasteiger charge is 2.22. The van der Waals surface area contributed by atoms with Gasteiger partial charge in [0.2, 0.25) is 0 Å². The number of benzene rings is 1. The number of hydrogen-bond donors (Lipinski definition) is 1. The van der Waals surface area contributed by atoms with Gasteiger partial charge >= 0.3 is 0 Å². The summed E-state index contributed by atoms with van der Waals surface area (Å²) in [5, 5.41) is 2.95. The van der Waals surface area contributed by atoms with Crippen molar-refractivity contribution in [3.63, 3.8) is 0 Å². The number of nitrogens with zero attached hydrogens (tertiary/aromatic N) is 1. The van der Waals surface area contributed by atoms with Gasteiger partial charge in [-0.15, -0.1) is 0 Å². The minimum atomic E-state index is -2.86. The minimum Gasteiger partial charge on any atom is -0.347 e. The van der Waals surface area contributed by atoms with Gasteiger partial charge in [-0.3, -0.25) is 9.69 Å². The smallest absolute Gasteiger partial charge is 0.251 e. The maximum absolute atomic E-state index is 12.2. The maximum atomic E-state index is 12.2. The lowest BCUT2D eigenvalue weighted by Crippen LogP contribution is -2.41. The number of rotatable bonds is 3. The molecular weight excluding hydrogens is 300 g/mol. The highest BCUT2D eigenvalue weighted by Crippen LogP contribution is 2.12. The van der Waals surface area contributed by atoms with E-state index in [2.05, 4.69) is 10.2 Å². The number of carbonyl (C=O) groups excluding carboxylic acids is 1. The third-order valence-electron chi connectivity index (χ3n) is 3.52. The van der Waals surface area contributed by atoms with Crippen LogP contribution in [0.25, 0.3) is 0 Å². The molecule has 0 spiro atoms. The Kier molecular flexibility index (Phi) is 4.92. The number of carbonyl (C=O) groups is 1. The van der Waals surface area contributed by atoms with Crippen LogP contribution in [0.3, 0.4) is 0 Å². The van der Waals surface area contributed by atoms with Crippen molar-refractivity contribution < 1.29 is 13.2 Å². The first-order chi connectivity index (χ1) is 10.1. The fourth-order valence-electron chi connectivity index (χ4n) is 2.39. The summed E-state index contributed by atoms with van der Waals surface area (Å²) < 4.78 is 22.9. The molecule has 5 nitrogen and oxygen atoms in total. The van der Waals surface area contributed by atoms with E-state index in [1.165, 1.54) is 0 Å². The fourth-order valence-corrected chi connectivity index (χ4v) is 3.67. The summed E-state index contributed by atoms with van der Waals surface area (Å²) in [7, 11) is -2.86. The molecule has 0 aliphatic carbocycles. The van der Waals surface area contributed by atoms with Crippen LogP contribution in [0.4, 0.5) is 0 Å². The quantitative estimate of drug-likeness (QED) is 0.914. The Morgan fingerprint density at radius 2 is 1.86 bits per heavy atom. The Bertz CT molecular complexity index is 634. The molecule has 0 aromatic heterocycles. The van der Waals surface area contributed by atoms with E-state index >= 15 is 0 Å². The molecule has 0 atom stereocenters. The second-order valence-electron chi connectivity index (χ2n) is 6.83. The molecule has 1 aliphatic heterocycles. The van der Waals surface area contributed by atoms with Gasteiger partial charge in [0.1, 0.15) is 0 Å². The second kappa shape index (κ2) is 6.38. The molecule has 6 heteroatoms. The zero-order valence-electron chi connectivity index (χ0n) is 13.4. The predicted octanol–water partition coefficient (Wildman–Crippen LogP) is 1.45. The van der Waals surface area contributed by atoms with Gasteiger partial charge in [-0.25, -0.2) is 8.42 Å². The molecule has 0 unspecified atom stereocenters. The van der Waals surface area contributed by atoms with Crippen molar-refractivity contribution in [3.8, 4) is 0 Å². The average Bonchev–Trinajstić information content (AvgIpc) is 2.40. The van der Waals surface area contributed by atoms with E-state index in [4.69, 9.17) is 0 Å². The molecule has 2 rings (SSSR count). The Labute approximate surface area is 132 Å². The molecule has 0 bridgehead atoms. The van der Waals surface area contributed by atoms with Crippen molar-refractivity contribution in [2.75, 3.05) is 24.6 Å². The zero-order chi connectivity index (χ0) is 16.4. The van der Waals surface area contributed by atoms with Crippen molar-refractivity contribution in [1.82, 2.24) is 10.2 Å².